The fourth-order valence-electron chi connectivity index (χ4n) is 1.73. The van der Waals surface area contributed by atoms with E-state index in [1.807, 2.05) is 18.2 Å². The van der Waals surface area contributed by atoms with Crippen LogP contribution in [0.4, 0.5) is 10.5 Å². The molecule has 6 nitrogen and oxygen atoms in total. The maximum Gasteiger partial charge on any atom is 0.319 e. The van der Waals surface area contributed by atoms with Crippen molar-refractivity contribution in [3.8, 4) is 5.88 Å². The van der Waals surface area contributed by atoms with Gasteiger partial charge in [0.15, 0.2) is 0 Å². The number of pyridine rings is 1. The summed E-state index contributed by atoms with van der Waals surface area (Å²) in [4.78, 5) is 15.7. The van der Waals surface area contributed by atoms with E-state index in [9.17, 15) is 9.90 Å². The van der Waals surface area contributed by atoms with E-state index in [2.05, 4.69) is 15.6 Å². The third kappa shape index (κ3) is 4.47. The van der Waals surface area contributed by atoms with Crippen LogP contribution in [0.3, 0.4) is 0 Å². The van der Waals surface area contributed by atoms with Crippen LogP contribution in [0, 0.1) is 0 Å². The smallest absolute Gasteiger partial charge is 0.319 e. The maximum absolute atomic E-state index is 11.7. The van der Waals surface area contributed by atoms with Gasteiger partial charge in [0.05, 0.1) is 25.1 Å². The third-order valence-electron chi connectivity index (χ3n) is 2.84. The first-order valence-corrected chi connectivity index (χ1v) is 6.47. The standard InChI is InChI=1S/C15H17N3O3/c1-21-14-8-7-12(9-16-14)18-15(20)17-10-13(19)11-5-3-2-4-6-11/h2-9,13,19H,10H2,1H3,(H2,17,18,20). The zero-order chi connectivity index (χ0) is 15.1. The van der Waals surface area contributed by atoms with Crippen LogP contribution in [0.1, 0.15) is 11.7 Å². The summed E-state index contributed by atoms with van der Waals surface area (Å²) in [5.41, 5.74) is 1.30. The van der Waals surface area contributed by atoms with Gasteiger partial charge in [-0.25, -0.2) is 9.78 Å². The molecule has 0 fully saturated rings. The van der Waals surface area contributed by atoms with E-state index in [1.54, 1.807) is 24.3 Å². The topological polar surface area (TPSA) is 83.5 Å². The number of amides is 2. The van der Waals surface area contributed by atoms with E-state index in [4.69, 9.17) is 4.74 Å². The van der Waals surface area contributed by atoms with Crippen molar-refractivity contribution in [2.75, 3.05) is 19.0 Å². The number of aliphatic hydroxyl groups is 1. The lowest BCUT2D eigenvalue weighted by Gasteiger charge is -2.12. The Labute approximate surface area is 122 Å². The normalized spacial score (nSPS) is 11.5. The molecule has 0 aliphatic carbocycles. The highest BCUT2D eigenvalue weighted by molar-refractivity contribution is 5.89. The minimum Gasteiger partial charge on any atom is -0.481 e. The summed E-state index contributed by atoms with van der Waals surface area (Å²) >= 11 is 0. The third-order valence-corrected chi connectivity index (χ3v) is 2.84. The molecule has 110 valence electrons. The van der Waals surface area contributed by atoms with Gasteiger partial charge in [-0.15, -0.1) is 0 Å². The number of benzene rings is 1. The van der Waals surface area contributed by atoms with E-state index in [1.165, 1.54) is 13.3 Å². The number of methoxy groups -OCH3 is 1. The second-order valence-electron chi connectivity index (χ2n) is 4.35. The molecule has 1 aromatic carbocycles. The molecule has 1 unspecified atom stereocenters. The number of carbonyl (C=O) groups excluding carboxylic acids is 1. The van der Waals surface area contributed by atoms with E-state index >= 15 is 0 Å². The Morgan fingerprint density at radius 1 is 1.29 bits per heavy atom. The lowest BCUT2D eigenvalue weighted by atomic mass is 10.1. The SMILES string of the molecule is COc1ccc(NC(=O)NCC(O)c2ccccc2)cn1. The van der Waals surface area contributed by atoms with Gasteiger partial charge in [0.1, 0.15) is 0 Å². The van der Waals surface area contributed by atoms with Gasteiger partial charge in [-0.2, -0.15) is 0 Å². The van der Waals surface area contributed by atoms with E-state index < -0.39 is 12.1 Å². The Balaban J connectivity index is 1.81. The molecule has 0 aliphatic heterocycles. The van der Waals surface area contributed by atoms with Crippen LogP contribution in [0.2, 0.25) is 0 Å². The summed E-state index contributed by atoms with van der Waals surface area (Å²) in [5.74, 6) is 0.473. The molecule has 6 heteroatoms. The Bertz CT molecular complexity index is 572. The number of aliphatic hydroxyl groups excluding tert-OH is 1. The molecule has 2 amide bonds. The van der Waals surface area contributed by atoms with Gasteiger partial charge in [0.25, 0.3) is 0 Å². The molecule has 0 saturated carbocycles. The minimum absolute atomic E-state index is 0.124. The molecule has 2 rings (SSSR count). The maximum atomic E-state index is 11.7. The van der Waals surface area contributed by atoms with E-state index in [-0.39, 0.29) is 6.54 Å². The van der Waals surface area contributed by atoms with Crippen LogP contribution in [0.25, 0.3) is 0 Å². The van der Waals surface area contributed by atoms with Gasteiger partial charge in [-0.1, -0.05) is 30.3 Å². The fraction of sp³-hybridized carbons (Fsp3) is 0.200. The van der Waals surface area contributed by atoms with Crippen molar-refractivity contribution in [1.82, 2.24) is 10.3 Å². The molecule has 0 radical (unpaired) electrons. The number of ether oxygens (including phenoxy) is 1. The van der Waals surface area contributed by atoms with Crippen LogP contribution in [-0.4, -0.2) is 29.8 Å². The first-order valence-electron chi connectivity index (χ1n) is 6.47. The predicted molar refractivity (Wildman–Crippen MR) is 79.2 cm³/mol. The Hall–Kier alpha value is -2.60. The zero-order valence-corrected chi connectivity index (χ0v) is 11.6. The Kier molecular flexibility index (Phi) is 5.11. The molecule has 1 heterocycles. The first-order chi connectivity index (χ1) is 10.2. The van der Waals surface area contributed by atoms with Crippen LogP contribution < -0.4 is 15.4 Å². The van der Waals surface area contributed by atoms with E-state index in [0.29, 0.717) is 11.6 Å². The lowest BCUT2D eigenvalue weighted by molar-refractivity contribution is 0.175. The molecule has 0 spiro atoms. The summed E-state index contributed by atoms with van der Waals surface area (Å²) in [7, 11) is 1.52. The van der Waals surface area contributed by atoms with E-state index in [0.717, 1.165) is 5.56 Å². The van der Waals surface area contributed by atoms with Crippen molar-refractivity contribution >= 4 is 11.7 Å². The molecule has 3 N–H and O–H groups in total. The second-order valence-corrected chi connectivity index (χ2v) is 4.35. The largest absolute Gasteiger partial charge is 0.481 e. The van der Waals surface area contributed by atoms with Crippen molar-refractivity contribution in [2.24, 2.45) is 0 Å². The van der Waals surface area contributed by atoms with Crippen molar-refractivity contribution in [1.29, 1.82) is 0 Å². The van der Waals surface area contributed by atoms with Crippen LogP contribution in [0.5, 0.6) is 5.88 Å². The molecular formula is C15H17N3O3. The zero-order valence-electron chi connectivity index (χ0n) is 11.6. The van der Waals surface area contributed by atoms with Gasteiger partial charge in [-0.05, 0) is 11.6 Å². The van der Waals surface area contributed by atoms with Crippen molar-refractivity contribution in [2.45, 2.75) is 6.10 Å². The summed E-state index contributed by atoms with van der Waals surface area (Å²) < 4.78 is 4.93. The number of carbonyl (C=O) groups is 1. The highest BCUT2D eigenvalue weighted by Crippen LogP contribution is 2.12. The Morgan fingerprint density at radius 2 is 2.05 bits per heavy atom. The van der Waals surface area contributed by atoms with Crippen LogP contribution in [0.15, 0.2) is 48.7 Å². The number of aromatic nitrogens is 1. The highest BCUT2D eigenvalue weighted by Gasteiger charge is 2.09. The molecular weight excluding hydrogens is 270 g/mol. The van der Waals surface area contributed by atoms with Crippen molar-refractivity contribution in [3.63, 3.8) is 0 Å². The lowest BCUT2D eigenvalue weighted by Crippen LogP contribution is -2.32. The minimum atomic E-state index is -0.744. The number of anilines is 1. The number of rotatable bonds is 5. The predicted octanol–water partition coefficient (Wildman–Crippen LogP) is 1.95. The summed E-state index contributed by atoms with van der Waals surface area (Å²) in [6, 6.07) is 12.1. The first kappa shape index (κ1) is 14.8. The van der Waals surface area contributed by atoms with Gasteiger partial charge in [0, 0.05) is 12.6 Å². The van der Waals surface area contributed by atoms with Crippen LogP contribution >= 0.6 is 0 Å². The number of nitrogens with one attached hydrogen (secondary N) is 2. The Morgan fingerprint density at radius 3 is 2.67 bits per heavy atom. The fourth-order valence-corrected chi connectivity index (χ4v) is 1.73. The molecule has 1 atom stereocenters. The molecule has 1 aromatic heterocycles. The monoisotopic (exact) mass is 287 g/mol. The molecule has 0 saturated heterocycles. The molecule has 2 aromatic rings. The summed E-state index contributed by atoms with van der Waals surface area (Å²) in [6.45, 7) is 0.124. The number of urea groups is 1. The number of hydrogen-bond donors (Lipinski definition) is 3. The second kappa shape index (κ2) is 7.25. The van der Waals surface area contributed by atoms with Crippen molar-refractivity contribution in [3.05, 3.63) is 54.2 Å². The summed E-state index contributed by atoms with van der Waals surface area (Å²) in [6.07, 6.45) is 0.748. The summed E-state index contributed by atoms with van der Waals surface area (Å²) in [5, 5.41) is 15.2. The number of nitrogens with zero attached hydrogens (tertiary/aromatic N) is 1. The average molecular weight is 287 g/mol. The number of hydrogen-bond acceptors (Lipinski definition) is 4. The van der Waals surface area contributed by atoms with Gasteiger partial charge < -0.3 is 20.5 Å². The average Bonchev–Trinajstić information content (AvgIpc) is 2.54. The van der Waals surface area contributed by atoms with Crippen LogP contribution in [-0.2, 0) is 0 Å². The molecule has 21 heavy (non-hydrogen) atoms. The molecule has 0 bridgehead atoms. The van der Waals surface area contributed by atoms with Gasteiger partial charge in [0.2, 0.25) is 5.88 Å². The van der Waals surface area contributed by atoms with Gasteiger partial charge in [-0.3, -0.25) is 0 Å². The quantitative estimate of drug-likeness (QED) is 0.785. The van der Waals surface area contributed by atoms with Crippen molar-refractivity contribution < 1.29 is 14.6 Å². The molecule has 0 aliphatic rings. The highest BCUT2D eigenvalue weighted by atomic mass is 16.5. The van der Waals surface area contributed by atoms with Gasteiger partial charge >= 0.3 is 6.03 Å².